The van der Waals surface area contributed by atoms with Crippen molar-refractivity contribution in [1.29, 1.82) is 0 Å². The second kappa shape index (κ2) is 8.30. The largest absolute Gasteiger partial charge is 0.507 e. The van der Waals surface area contributed by atoms with Gasteiger partial charge >= 0.3 is 0 Å². The minimum Gasteiger partial charge on any atom is -0.507 e. The highest BCUT2D eigenvalue weighted by atomic mass is 16.7. The maximum Gasteiger partial charge on any atom is 0.235 e. The molecule has 0 aromatic heterocycles. The van der Waals surface area contributed by atoms with Crippen LogP contribution in [0.3, 0.4) is 0 Å². The van der Waals surface area contributed by atoms with Crippen LogP contribution in [0.1, 0.15) is 15.9 Å². The molecule has 32 heavy (non-hydrogen) atoms. The number of aromatic hydroxyl groups is 3. The molecule has 0 aliphatic carbocycles. The number of benzene rings is 2. The Bertz CT molecular complexity index is 1080. The van der Waals surface area contributed by atoms with Crippen LogP contribution in [0, 0.1) is 0 Å². The number of phenolic OH excluding ortho intramolecular Hbond substituents is 3. The number of carbonyl (C=O) groups excluding carboxylic acids is 1. The van der Waals surface area contributed by atoms with Crippen LogP contribution < -0.4 is 9.47 Å². The number of carbonyl (C=O) groups is 1. The van der Waals surface area contributed by atoms with Gasteiger partial charge in [0.05, 0.1) is 6.61 Å². The Morgan fingerprint density at radius 1 is 0.938 bits per heavy atom. The van der Waals surface area contributed by atoms with Gasteiger partial charge in [0.1, 0.15) is 47.2 Å². The first kappa shape index (κ1) is 21.9. The number of rotatable bonds is 4. The van der Waals surface area contributed by atoms with Crippen molar-refractivity contribution < 1.29 is 54.8 Å². The second-order valence-corrected chi connectivity index (χ2v) is 7.32. The predicted octanol–water partition coefficient (Wildman–Crippen LogP) is -0.402. The Morgan fingerprint density at radius 2 is 1.69 bits per heavy atom. The van der Waals surface area contributed by atoms with Gasteiger partial charge in [0, 0.05) is 12.1 Å². The van der Waals surface area contributed by atoms with Gasteiger partial charge in [-0.2, -0.15) is 0 Å². The van der Waals surface area contributed by atoms with Gasteiger partial charge in [-0.25, -0.2) is 0 Å². The van der Waals surface area contributed by atoms with E-state index in [1.807, 2.05) is 0 Å². The summed E-state index contributed by atoms with van der Waals surface area (Å²) in [6.45, 7) is -0.640. The zero-order chi connectivity index (χ0) is 23.2. The first-order chi connectivity index (χ1) is 15.2. The van der Waals surface area contributed by atoms with Crippen molar-refractivity contribution in [2.75, 3.05) is 6.61 Å². The van der Waals surface area contributed by atoms with Gasteiger partial charge in [-0.15, -0.1) is 0 Å². The zero-order valence-electron chi connectivity index (χ0n) is 16.3. The normalized spacial score (nSPS) is 28.4. The molecule has 0 unspecified atom stereocenters. The van der Waals surface area contributed by atoms with E-state index in [1.165, 1.54) is 30.3 Å². The van der Waals surface area contributed by atoms with Crippen molar-refractivity contribution in [3.63, 3.8) is 0 Å². The Hall–Kier alpha value is -3.35. The fourth-order valence-corrected chi connectivity index (χ4v) is 3.42. The third-order valence-electron chi connectivity index (χ3n) is 5.12. The van der Waals surface area contributed by atoms with Crippen LogP contribution in [0.4, 0.5) is 0 Å². The van der Waals surface area contributed by atoms with Crippen LogP contribution in [0.15, 0.2) is 36.1 Å². The van der Waals surface area contributed by atoms with Crippen molar-refractivity contribution in [3.8, 4) is 28.7 Å². The lowest BCUT2D eigenvalue weighted by atomic mass is 9.99. The fourth-order valence-electron chi connectivity index (χ4n) is 3.42. The van der Waals surface area contributed by atoms with Crippen LogP contribution in [-0.2, 0) is 4.74 Å². The van der Waals surface area contributed by atoms with E-state index < -0.39 is 48.8 Å². The summed E-state index contributed by atoms with van der Waals surface area (Å²) in [6, 6.07) is 6.23. The monoisotopic (exact) mass is 448 g/mol. The molecule has 4 rings (SSSR count). The predicted molar refractivity (Wildman–Crippen MR) is 105 cm³/mol. The van der Waals surface area contributed by atoms with Crippen LogP contribution in [0.5, 0.6) is 28.7 Å². The van der Waals surface area contributed by atoms with Gasteiger partial charge in [-0.05, 0) is 23.8 Å². The van der Waals surface area contributed by atoms with Crippen molar-refractivity contribution in [2.24, 2.45) is 0 Å². The molecule has 0 spiro atoms. The lowest BCUT2D eigenvalue weighted by molar-refractivity contribution is -0.277. The average molecular weight is 448 g/mol. The van der Waals surface area contributed by atoms with E-state index in [9.17, 15) is 40.5 Å². The first-order valence-electron chi connectivity index (χ1n) is 9.50. The molecule has 170 valence electrons. The van der Waals surface area contributed by atoms with Crippen molar-refractivity contribution in [3.05, 3.63) is 47.2 Å². The summed E-state index contributed by atoms with van der Waals surface area (Å²) in [5.41, 5.74) is 0.217. The van der Waals surface area contributed by atoms with E-state index in [0.29, 0.717) is 5.56 Å². The highest BCUT2D eigenvalue weighted by Crippen LogP contribution is 2.42. The highest BCUT2D eigenvalue weighted by Gasteiger charge is 2.45. The molecular weight excluding hydrogens is 428 g/mol. The Labute approximate surface area is 180 Å². The number of hydrogen-bond donors (Lipinski definition) is 7. The molecule has 2 aromatic rings. The number of allylic oxidation sites excluding steroid dienone is 1. The number of hydrogen-bond acceptors (Lipinski definition) is 11. The summed E-state index contributed by atoms with van der Waals surface area (Å²) in [4.78, 5) is 12.6. The van der Waals surface area contributed by atoms with Crippen molar-refractivity contribution in [1.82, 2.24) is 0 Å². The van der Waals surface area contributed by atoms with Crippen LogP contribution in [0.25, 0.3) is 6.08 Å². The third-order valence-corrected chi connectivity index (χ3v) is 5.12. The molecular formula is C21H20O11. The minimum absolute atomic E-state index is 0.0520. The standard InChI is InChI=1S/C21H20O11/c22-7-15-18(27)19(28)20(29)21(32-15)30-9-5-12(25)16-13(6-9)31-14(17(16)26)4-8-1-2-10(23)11(24)3-8/h1-6,15,18-25,27-29H,7H2/b14-4+/t15-,18-,19+,20-,21+/m1/s1. The first-order valence-corrected chi connectivity index (χ1v) is 9.50. The molecule has 5 atom stereocenters. The maximum absolute atomic E-state index is 12.6. The number of phenols is 3. The number of ether oxygens (including phenoxy) is 3. The molecule has 0 amide bonds. The van der Waals surface area contributed by atoms with Gasteiger partial charge in [0.25, 0.3) is 0 Å². The fraction of sp³-hybridized carbons (Fsp3) is 0.286. The van der Waals surface area contributed by atoms with Crippen LogP contribution in [0.2, 0.25) is 0 Å². The van der Waals surface area contributed by atoms with Crippen LogP contribution in [-0.4, -0.2) is 78.8 Å². The molecule has 2 heterocycles. The highest BCUT2D eigenvalue weighted by molar-refractivity contribution is 6.16. The van der Waals surface area contributed by atoms with E-state index in [1.54, 1.807) is 0 Å². The second-order valence-electron chi connectivity index (χ2n) is 7.32. The molecule has 11 heteroatoms. The molecule has 0 saturated carbocycles. The molecule has 2 aromatic carbocycles. The molecule has 7 N–H and O–H groups in total. The van der Waals surface area contributed by atoms with E-state index in [2.05, 4.69) is 0 Å². The Kier molecular flexibility index (Phi) is 5.67. The van der Waals surface area contributed by atoms with Gasteiger partial charge < -0.3 is 50.0 Å². The van der Waals surface area contributed by atoms with E-state index in [4.69, 9.17) is 14.2 Å². The summed E-state index contributed by atoms with van der Waals surface area (Å²) in [5.74, 6) is -2.13. The molecule has 0 bridgehead atoms. The summed E-state index contributed by atoms with van der Waals surface area (Å²) in [5, 5.41) is 68.4. The Balaban J connectivity index is 1.58. The molecule has 1 saturated heterocycles. The molecule has 11 nitrogen and oxygen atoms in total. The molecule has 2 aliphatic heterocycles. The topological polar surface area (TPSA) is 186 Å². The smallest absolute Gasteiger partial charge is 0.235 e. The molecule has 0 radical (unpaired) electrons. The summed E-state index contributed by atoms with van der Waals surface area (Å²) >= 11 is 0. The van der Waals surface area contributed by atoms with Gasteiger partial charge in [-0.1, -0.05) is 6.07 Å². The number of aliphatic hydroxyl groups excluding tert-OH is 4. The number of ketones is 1. The molecule has 2 aliphatic rings. The van der Waals surface area contributed by atoms with Gasteiger partial charge in [0.15, 0.2) is 17.3 Å². The van der Waals surface area contributed by atoms with Crippen LogP contribution >= 0.6 is 0 Å². The van der Waals surface area contributed by atoms with E-state index in [0.717, 1.165) is 6.07 Å². The van der Waals surface area contributed by atoms with Gasteiger partial charge in [0.2, 0.25) is 12.1 Å². The number of Topliss-reactive ketones (excluding diaryl/α,β-unsaturated/α-hetero) is 1. The Morgan fingerprint density at radius 3 is 2.38 bits per heavy atom. The van der Waals surface area contributed by atoms with E-state index in [-0.39, 0.29) is 34.3 Å². The van der Waals surface area contributed by atoms with Crippen molar-refractivity contribution >= 4 is 11.9 Å². The summed E-state index contributed by atoms with van der Waals surface area (Å²) in [6.07, 6.45) is -6.24. The zero-order valence-corrected chi connectivity index (χ0v) is 16.3. The minimum atomic E-state index is -1.66. The summed E-state index contributed by atoms with van der Waals surface area (Å²) < 4.78 is 16.2. The maximum atomic E-state index is 12.6. The summed E-state index contributed by atoms with van der Waals surface area (Å²) in [7, 11) is 0. The SMILES string of the molecule is O=C1/C(=C\c2ccc(O)c(O)c2)Oc2cc(O[C@H]3O[C@H](CO)[C@@H](O)[C@H](O)[C@H]3O)cc(O)c21. The quantitative estimate of drug-likeness (QED) is 0.238. The van der Waals surface area contributed by atoms with E-state index >= 15 is 0 Å². The number of aliphatic hydroxyl groups is 4. The number of fused-ring (bicyclic) bond motifs is 1. The van der Waals surface area contributed by atoms with Crippen molar-refractivity contribution in [2.45, 2.75) is 30.7 Å². The van der Waals surface area contributed by atoms with Gasteiger partial charge in [-0.3, -0.25) is 4.79 Å². The lowest BCUT2D eigenvalue weighted by Crippen LogP contribution is -2.60. The lowest BCUT2D eigenvalue weighted by Gasteiger charge is -2.39. The average Bonchev–Trinajstić information content (AvgIpc) is 3.06. The third kappa shape index (κ3) is 3.83. The molecule has 1 fully saturated rings.